The first kappa shape index (κ1) is 23.9. The SMILES string of the molecule is CN=S1(=O)CCN(c2ccc(-c3nc(-c4cnn(CC(C)(C)O)c4)cn4ncc(C#N)c34)cn2)CC1. The van der Waals surface area contributed by atoms with Crippen molar-refractivity contribution in [1.82, 2.24) is 29.4 Å². The van der Waals surface area contributed by atoms with Gasteiger partial charge in [0.05, 0.1) is 42.1 Å². The summed E-state index contributed by atoms with van der Waals surface area (Å²) in [6, 6.07) is 6.04. The van der Waals surface area contributed by atoms with Gasteiger partial charge in [-0.25, -0.2) is 23.1 Å². The molecule has 0 aromatic carbocycles. The maximum Gasteiger partial charge on any atom is 0.128 e. The Bertz CT molecular complexity index is 1570. The van der Waals surface area contributed by atoms with E-state index in [1.807, 2.05) is 18.3 Å². The van der Waals surface area contributed by atoms with Gasteiger partial charge in [0.2, 0.25) is 0 Å². The van der Waals surface area contributed by atoms with Crippen molar-refractivity contribution in [3.05, 3.63) is 48.7 Å². The lowest BCUT2D eigenvalue weighted by Crippen LogP contribution is -2.40. The zero-order valence-corrected chi connectivity index (χ0v) is 21.2. The summed E-state index contributed by atoms with van der Waals surface area (Å²) in [6.45, 7) is 5.06. The van der Waals surface area contributed by atoms with E-state index in [1.165, 1.54) is 6.20 Å². The Balaban J connectivity index is 1.51. The van der Waals surface area contributed by atoms with E-state index in [9.17, 15) is 14.6 Å². The largest absolute Gasteiger partial charge is 0.389 e. The predicted molar refractivity (Wildman–Crippen MR) is 137 cm³/mol. The van der Waals surface area contributed by atoms with Gasteiger partial charge in [-0.2, -0.15) is 15.5 Å². The van der Waals surface area contributed by atoms with Crippen molar-refractivity contribution < 1.29 is 9.32 Å². The van der Waals surface area contributed by atoms with Gasteiger partial charge in [-0.15, -0.1) is 0 Å². The number of pyridine rings is 1. The summed E-state index contributed by atoms with van der Waals surface area (Å²) in [4.78, 5) is 11.6. The maximum absolute atomic E-state index is 12.5. The first-order valence-corrected chi connectivity index (χ1v) is 13.4. The lowest BCUT2D eigenvalue weighted by atomic mass is 10.1. The molecule has 0 amide bonds. The fourth-order valence-electron chi connectivity index (χ4n) is 4.26. The second kappa shape index (κ2) is 9.00. The van der Waals surface area contributed by atoms with Crippen molar-refractivity contribution in [3.63, 3.8) is 0 Å². The second-order valence-electron chi connectivity index (χ2n) is 9.43. The molecule has 0 unspecified atom stereocenters. The molecule has 1 aliphatic rings. The summed E-state index contributed by atoms with van der Waals surface area (Å²) in [5.41, 5.74) is 2.84. The molecule has 1 saturated heterocycles. The molecule has 11 nitrogen and oxygen atoms in total. The number of nitrogens with zero attached hydrogens (tertiary/aromatic N) is 9. The third-order valence-corrected chi connectivity index (χ3v) is 8.44. The van der Waals surface area contributed by atoms with Gasteiger partial charge in [-0.1, -0.05) is 0 Å². The van der Waals surface area contributed by atoms with Crippen molar-refractivity contribution in [1.29, 1.82) is 5.26 Å². The number of rotatable bonds is 5. The molecule has 0 bridgehead atoms. The van der Waals surface area contributed by atoms with Crippen LogP contribution in [0.15, 0.2) is 47.5 Å². The summed E-state index contributed by atoms with van der Waals surface area (Å²) >= 11 is 0. The van der Waals surface area contributed by atoms with E-state index >= 15 is 0 Å². The van der Waals surface area contributed by atoms with Crippen molar-refractivity contribution in [2.75, 3.05) is 36.5 Å². The fraction of sp³-hybridized carbons (Fsp3) is 0.375. The smallest absolute Gasteiger partial charge is 0.128 e. The summed E-state index contributed by atoms with van der Waals surface area (Å²) in [7, 11) is -0.479. The molecular formula is C24H27N9O2S. The van der Waals surface area contributed by atoms with Crippen LogP contribution >= 0.6 is 0 Å². The average molecular weight is 506 g/mol. The Labute approximate surface area is 209 Å². The van der Waals surface area contributed by atoms with E-state index in [2.05, 4.69) is 30.5 Å². The standard InChI is InChI=1S/C24H27N9O2S/c1-24(2,34)16-32-14-19(13-28-32)20-15-33-23(18(10-25)12-29-33)22(30-20)17-4-5-21(27-11-17)31-6-8-36(35,26-3)9-7-31/h4-5,11-15,34H,6-9,16H2,1-3H3. The maximum atomic E-state index is 12.5. The van der Waals surface area contributed by atoms with E-state index < -0.39 is 15.3 Å². The van der Waals surface area contributed by atoms with Gasteiger partial charge in [-0.05, 0) is 26.0 Å². The number of fused-ring (bicyclic) bond motifs is 1. The lowest BCUT2D eigenvalue weighted by molar-refractivity contribution is 0.0577. The second-order valence-corrected chi connectivity index (χ2v) is 12.2. The first-order chi connectivity index (χ1) is 17.2. The van der Waals surface area contributed by atoms with Crippen molar-refractivity contribution >= 4 is 21.1 Å². The van der Waals surface area contributed by atoms with Gasteiger partial charge in [0.25, 0.3) is 0 Å². The third-order valence-electron chi connectivity index (χ3n) is 6.13. The van der Waals surface area contributed by atoms with Gasteiger partial charge < -0.3 is 10.0 Å². The van der Waals surface area contributed by atoms with E-state index in [-0.39, 0.29) is 0 Å². The Morgan fingerprint density at radius 3 is 2.56 bits per heavy atom. The van der Waals surface area contributed by atoms with E-state index in [0.29, 0.717) is 53.6 Å². The molecule has 186 valence electrons. The Hall–Kier alpha value is -3.82. The van der Waals surface area contributed by atoms with E-state index in [1.54, 1.807) is 48.7 Å². The van der Waals surface area contributed by atoms with Crippen LogP contribution in [0.2, 0.25) is 0 Å². The Kier molecular flexibility index (Phi) is 5.97. The predicted octanol–water partition coefficient (Wildman–Crippen LogP) is 2.22. The highest BCUT2D eigenvalue weighted by Gasteiger charge is 2.22. The lowest BCUT2D eigenvalue weighted by Gasteiger charge is -2.29. The van der Waals surface area contributed by atoms with Crippen LogP contribution in [0.5, 0.6) is 0 Å². The highest BCUT2D eigenvalue weighted by Crippen LogP contribution is 2.29. The Morgan fingerprint density at radius 2 is 1.92 bits per heavy atom. The number of nitriles is 1. The van der Waals surface area contributed by atoms with Crippen LogP contribution in [-0.4, -0.2) is 75.9 Å². The molecule has 36 heavy (non-hydrogen) atoms. The molecule has 5 rings (SSSR count). The molecule has 5 heterocycles. The molecule has 4 aromatic heterocycles. The van der Waals surface area contributed by atoms with Crippen LogP contribution < -0.4 is 4.90 Å². The quantitative estimate of drug-likeness (QED) is 0.436. The van der Waals surface area contributed by atoms with Crippen LogP contribution in [0, 0.1) is 11.3 Å². The highest BCUT2D eigenvalue weighted by atomic mass is 32.2. The van der Waals surface area contributed by atoms with E-state index in [4.69, 9.17) is 4.98 Å². The third kappa shape index (κ3) is 4.67. The number of aromatic nitrogens is 6. The van der Waals surface area contributed by atoms with Crippen LogP contribution in [0.3, 0.4) is 0 Å². The van der Waals surface area contributed by atoms with Crippen LogP contribution in [0.1, 0.15) is 19.4 Å². The molecular weight excluding hydrogens is 478 g/mol. The average Bonchev–Trinajstić information content (AvgIpc) is 3.50. The molecule has 0 aliphatic carbocycles. The fourth-order valence-corrected chi connectivity index (χ4v) is 5.84. The topological polar surface area (TPSA) is 138 Å². The Morgan fingerprint density at radius 1 is 1.14 bits per heavy atom. The van der Waals surface area contributed by atoms with Crippen molar-refractivity contribution in [3.8, 4) is 28.6 Å². The zero-order valence-electron chi connectivity index (χ0n) is 20.4. The first-order valence-electron chi connectivity index (χ1n) is 11.5. The molecule has 1 fully saturated rings. The molecule has 4 aromatic rings. The number of anilines is 1. The van der Waals surface area contributed by atoms with Gasteiger partial charge >= 0.3 is 0 Å². The molecule has 0 saturated carbocycles. The van der Waals surface area contributed by atoms with Gasteiger partial charge in [0.1, 0.15) is 23.0 Å². The van der Waals surface area contributed by atoms with E-state index in [0.717, 1.165) is 16.9 Å². The molecule has 1 N–H and O–H groups in total. The molecule has 0 atom stereocenters. The summed E-state index contributed by atoms with van der Waals surface area (Å²) in [5.74, 6) is 1.85. The summed E-state index contributed by atoms with van der Waals surface area (Å²) in [6.07, 6.45) is 8.54. The zero-order chi connectivity index (χ0) is 25.5. The van der Waals surface area contributed by atoms with Gasteiger partial charge in [-0.3, -0.25) is 4.68 Å². The van der Waals surface area contributed by atoms with Crippen LogP contribution in [0.25, 0.3) is 28.0 Å². The monoisotopic (exact) mass is 505 g/mol. The van der Waals surface area contributed by atoms with Gasteiger partial charge in [0, 0.05) is 64.9 Å². The highest BCUT2D eigenvalue weighted by molar-refractivity contribution is 7.93. The summed E-state index contributed by atoms with van der Waals surface area (Å²) < 4.78 is 19.9. The van der Waals surface area contributed by atoms with Crippen LogP contribution in [0.4, 0.5) is 5.82 Å². The minimum atomic E-state index is -2.10. The molecule has 0 spiro atoms. The van der Waals surface area contributed by atoms with Crippen molar-refractivity contribution in [2.24, 2.45) is 4.36 Å². The normalized spacial score (nSPS) is 15.7. The minimum absolute atomic E-state index is 0.339. The number of aliphatic hydroxyl groups is 1. The summed E-state index contributed by atoms with van der Waals surface area (Å²) in [5, 5.41) is 28.5. The number of hydrogen-bond donors (Lipinski definition) is 1. The molecule has 1 aliphatic heterocycles. The molecule has 12 heteroatoms. The van der Waals surface area contributed by atoms with Crippen molar-refractivity contribution in [2.45, 2.75) is 26.0 Å². The minimum Gasteiger partial charge on any atom is -0.389 e. The van der Waals surface area contributed by atoms with Gasteiger partial charge in [0.15, 0.2) is 0 Å². The number of hydrogen-bond acceptors (Lipinski definition) is 9. The molecule has 0 radical (unpaired) electrons. The van der Waals surface area contributed by atoms with Crippen LogP contribution in [-0.2, 0) is 16.3 Å².